The Hall–Kier alpha value is -2.08. The minimum Gasteiger partial charge on any atom is -0.423 e. The third kappa shape index (κ3) is 3.32. The summed E-state index contributed by atoms with van der Waals surface area (Å²) in [6, 6.07) is 8.37. The lowest BCUT2D eigenvalue weighted by Gasteiger charge is -2.33. The van der Waals surface area contributed by atoms with Gasteiger partial charge < -0.3 is 19.3 Å². The van der Waals surface area contributed by atoms with Crippen LogP contribution in [0.2, 0.25) is 0 Å². The first kappa shape index (κ1) is 15.8. The molecule has 6 nitrogen and oxygen atoms in total. The van der Waals surface area contributed by atoms with Gasteiger partial charge in [0.15, 0.2) is 5.58 Å². The molecule has 6 heteroatoms. The molecule has 1 aromatic heterocycles. The first-order chi connectivity index (χ1) is 11.2. The number of aliphatic hydroxyl groups excluding tert-OH is 1. The van der Waals surface area contributed by atoms with Crippen molar-refractivity contribution in [3.8, 4) is 0 Å². The molecule has 3 rings (SSSR count). The summed E-state index contributed by atoms with van der Waals surface area (Å²) in [4.78, 5) is 20.8. The summed E-state index contributed by atoms with van der Waals surface area (Å²) < 4.78 is 5.80. The number of rotatable bonds is 5. The molecule has 124 valence electrons. The number of hydrogen-bond donors (Lipinski definition) is 1. The van der Waals surface area contributed by atoms with Gasteiger partial charge in [-0.1, -0.05) is 12.1 Å². The number of likely N-dealkylation sites (N-methyl/N-ethyl adjacent to an activating group) is 1. The number of oxazole rings is 1. The largest absolute Gasteiger partial charge is 0.423 e. The zero-order valence-electron chi connectivity index (χ0n) is 13.4. The number of carbonyl (C=O) groups excluding carboxylic acids is 1. The fraction of sp³-hybridized carbons (Fsp3) is 0.529. The predicted molar refractivity (Wildman–Crippen MR) is 88.3 cm³/mol. The number of nitrogens with zero attached hydrogens (tertiary/aromatic N) is 3. The third-order valence-electron chi connectivity index (χ3n) is 4.46. The van der Waals surface area contributed by atoms with Crippen molar-refractivity contribution in [3.05, 3.63) is 24.3 Å². The van der Waals surface area contributed by atoms with Crippen LogP contribution in [0, 0.1) is 5.92 Å². The van der Waals surface area contributed by atoms with Crippen LogP contribution in [0.3, 0.4) is 0 Å². The van der Waals surface area contributed by atoms with Crippen LogP contribution in [0.5, 0.6) is 0 Å². The highest BCUT2D eigenvalue weighted by molar-refractivity contribution is 5.79. The second-order valence-corrected chi connectivity index (χ2v) is 5.87. The molecular formula is C17H23N3O3. The fourth-order valence-electron chi connectivity index (χ4n) is 3.12. The maximum Gasteiger partial charge on any atom is 0.298 e. The lowest BCUT2D eigenvalue weighted by Crippen LogP contribution is -2.43. The van der Waals surface area contributed by atoms with Crippen molar-refractivity contribution in [1.82, 2.24) is 9.88 Å². The molecule has 1 aromatic carbocycles. The van der Waals surface area contributed by atoms with E-state index < -0.39 is 0 Å². The quantitative estimate of drug-likeness (QED) is 0.912. The van der Waals surface area contributed by atoms with Crippen LogP contribution in [0.15, 0.2) is 28.7 Å². The van der Waals surface area contributed by atoms with Gasteiger partial charge in [0.25, 0.3) is 6.01 Å². The van der Waals surface area contributed by atoms with Gasteiger partial charge in [-0.2, -0.15) is 4.98 Å². The van der Waals surface area contributed by atoms with Gasteiger partial charge in [0.1, 0.15) is 5.52 Å². The lowest BCUT2D eigenvalue weighted by atomic mass is 9.95. The first-order valence-electron chi connectivity index (χ1n) is 8.23. The smallest absolute Gasteiger partial charge is 0.298 e. The van der Waals surface area contributed by atoms with E-state index in [1.54, 1.807) is 4.90 Å². The molecule has 0 atom stereocenters. The molecule has 0 saturated carbocycles. The number of aromatic nitrogens is 1. The third-order valence-corrected chi connectivity index (χ3v) is 4.46. The maximum absolute atomic E-state index is 12.5. The van der Waals surface area contributed by atoms with Crippen LogP contribution < -0.4 is 4.90 Å². The second-order valence-electron chi connectivity index (χ2n) is 5.87. The Bertz CT molecular complexity index is 629. The number of anilines is 1. The molecule has 1 N–H and O–H groups in total. The SMILES string of the molecule is CCN(CCO)C(=O)C1CCN(c2nc3ccccc3o2)CC1. The number of hydrogen-bond acceptors (Lipinski definition) is 5. The van der Waals surface area contributed by atoms with E-state index in [1.807, 2.05) is 31.2 Å². The van der Waals surface area contributed by atoms with E-state index in [9.17, 15) is 4.79 Å². The van der Waals surface area contributed by atoms with E-state index in [0.29, 0.717) is 19.1 Å². The Labute approximate surface area is 135 Å². The topological polar surface area (TPSA) is 69.8 Å². The molecule has 0 aliphatic carbocycles. The molecule has 1 amide bonds. The van der Waals surface area contributed by atoms with Gasteiger partial charge in [0.2, 0.25) is 5.91 Å². The Balaban J connectivity index is 1.62. The average molecular weight is 317 g/mol. The van der Waals surface area contributed by atoms with Gasteiger partial charge >= 0.3 is 0 Å². The molecular weight excluding hydrogens is 294 g/mol. The van der Waals surface area contributed by atoms with Gasteiger partial charge in [-0.25, -0.2) is 0 Å². The Morgan fingerprint density at radius 3 is 2.78 bits per heavy atom. The highest BCUT2D eigenvalue weighted by Crippen LogP contribution is 2.27. The fourth-order valence-corrected chi connectivity index (χ4v) is 3.12. The van der Waals surface area contributed by atoms with E-state index in [4.69, 9.17) is 9.52 Å². The molecule has 1 fully saturated rings. The molecule has 1 saturated heterocycles. The Morgan fingerprint density at radius 2 is 2.13 bits per heavy atom. The summed E-state index contributed by atoms with van der Waals surface area (Å²) in [5.74, 6) is 0.181. The normalized spacial score (nSPS) is 16.0. The minimum absolute atomic E-state index is 0.0152. The highest BCUT2D eigenvalue weighted by Gasteiger charge is 2.29. The molecule has 23 heavy (non-hydrogen) atoms. The molecule has 1 aliphatic rings. The van der Waals surface area contributed by atoms with E-state index in [1.165, 1.54) is 0 Å². The van der Waals surface area contributed by atoms with Crippen molar-refractivity contribution in [2.24, 2.45) is 5.92 Å². The van der Waals surface area contributed by atoms with Gasteiger partial charge in [-0.15, -0.1) is 0 Å². The van der Waals surface area contributed by atoms with Crippen LogP contribution in [-0.2, 0) is 4.79 Å². The Morgan fingerprint density at radius 1 is 1.39 bits per heavy atom. The summed E-state index contributed by atoms with van der Waals surface area (Å²) in [6.45, 7) is 4.55. The van der Waals surface area contributed by atoms with Crippen molar-refractivity contribution in [1.29, 1.82) is 0 Å². The van der Waals surface area contributed by atoms with Crippen molar-refractivity contribution in [2.75, 3.05) is 37.7 Å². The summed E-state index contributed by atoms with van der Waals surface area (Å²) >= 11 is 0. The maximum atomic E-state index is 12.5. The number of piperidine rings is 1. The first-order valence-corrected chi connectivity index (χ1v) is 8.23. The highest BCUT2D eigenvalue weighted by atomic mass is 16.4. The van der Waals surface area contributed by atoms with Gasteiger partial charge in [-0.05, 0) is 31.9 Å². The van der Waals surface area contributed by atoms with Crippen molar-refractivity contribution < 1.29 is 14.3 Å². The van der Waals surface area contributed by atoms with Gasteiger partial charge in [-0.3, -0.25) is 4.79 Å². The van der Waals surface area contributed by atoms with E-state index in [-0.39, 0.29) is 18.4 Å². The van der Waals surface area contributed by atoms with Gasteiger partial charge in [0.05, 0.1) is 6.61 Å². The minimum atomic E-state index is 0.0152. The zero-order chi connectivity index (χ0) is 16.2. The standard InChI is InChI=1S/C17H23N3O3/c1-2-19(11-12-21)16(22)13-7-9-20(10-8-13)17-18-14-5-3-4-6-15(14)23-17/h3-6,13,21H,2,7-12H2,1H3. The number of amides is 1. The van der Waals surface area contributed by atoms with Crippen molar-refractivity contribution in [2.45, 2.75) is 19.8 Å². The molecule has 2 aromatic rings. The second kappa shape index (κ2) is 7.00. The summed E-state index contributed by atoms with van der Waals surface area (Å²) in [6.07, 6.45) is 1.58. The molecule has 0 radical (unpaired) electrons. The van der Waals surface area contributed by atoms with Gasteiger partial charge in [0, 0.05) is 32.1 Å². The molecule has 0 spiro atoms. The summed E-state index contributed by atoms with van der Waals surface area (Å²) in [5, 5.41) is 9.05. The van der Waals surface area contributed by atoms with Crippen LogP contribution in [-0.4, -0.2) is 53.7 Å². The summed E-state index contributed by atoms with van der Waals surface area (Å²) in [5.41, 5.74) is 1.65. The zero-order valence-corrected chi connectivity index (χ0v) is 13.4. The number of aliphatic hydroxyl groups is 1. The predicted octanol–water partition coefficient (Wildman–Crippen LogP) is 1.88. The van der Waals surface area contributed by atoms with Crippen LogP contribution in [0.4, 0.5) is 6.01 Å². The number of fused-ring (bicyclic) bond motifs is 1. The van der Waals surface area contributed by atoms with E-state index in [2.05, 4.69) is 9.88 Å². The molecule has 1 aliphatic heterocycles. The molecule has 0 unspecified atom stereocenters. The lowest BCUT2D eigenvalue weighted by molar-refractivity contribution is -0.136. The number of benzene rings is 1. The Kier molecular flexibility index (Phi) is 4.81. The van der Waals surface area contributed by atoms with E-state index >= 15 is 0 Å². The van der Waals surface area contributed by atoms with Crippen LogP contribution in [0.25, 0.3) is 11.1 Å². The van der Waals surface area contributed by atoms with E-state index in [0.717, 1.165) is 37.0 Å². The number of para-hydroxylation sites is 2. The summed E-state index contributed by atoms with van der Waals surface area (Å²) in [7, 11) is 0. The van der Waals surface area contributed by atoms with Crippen molar-refractivity contribution >= 4 is 23.0 Å². The average Bonchev–Trinajstić information content (AvgIpc) is 3.03. The molecule has 2 heterocycles. The van der Waals surface area contributed by atoms with Crippen LogP contribution >= 0.6 is 0 Å². The van der Waals surface area contributed by atoms with Crippen LogP contribution in [0.1, 0.15) is 19.8 Å². The monoisotopic (exact) mass is 317 g/mol. The number of carbonyl (C=O) groups is 1. The molecule has 0 bridgehead atoms. The van der Waals surface area contributed by atoms with Crippen molar-refractivity contribution in [3.63, 3.8) is 0 Å².